The van der Waals surface area contributed by atoms with Crippen molar-refractivity contribution in [1.82, 2.24) is 0 Å². The highest BCUT2D eigenvalue weighted by atomic mass is 79.9. The first-order valence-electron chi connectivity index (χ1n) is 6.96. The van der Waals surface area contributed by atoms with Crippen LogP contribution in [0.15, 0.2) is 46.9 Å². The summed E-state index contributed by atoms with van der Waals surface area (Å²) in [6, 6.07) is 11.8. The molecule has 0 unspecified atom stereocenters. The van der Waals surface area contributed by atoms with Crippen LogP contribution in [-0.4, -0.2) is 27.1 Å². The first kappa shape index (κ1) is 18.8. The lowest BCUT2D eigenvalue weighted by molar-refractivity contribution is -0.114. The lowest BCUT2D eigenvalue weighted by Gasteiger charge is -2.22. The Labute approximate surface area is 154 Å². The molecule has 0 aliphatic rings. The number of carbonyl (C=O) groups is 1. The molecule has 0 saturated heterocycles. The van der Waals surface area contributed by atoms with Crippen LogP contribution in [0.4, 0.5) is 11.4 Å². The van der Waals surface area contributed by atoms with Gasteiger partial charge in [0.15, 0.2) is 0 Å². The highest BCUT2D eigenvalue weighted by Gasteiger charge is 2.21. The zero-order valence-electron chi connectivity index (χ0n) is 13.1. The van der Waals surface area contributed by atoms with Crippen LogP contribution in [0, 0.1) is 6.92 Å². The Kier molecular flexibility index (Phi) is 5.90. The van der Waals surface area contributed by atoms with Gasteiger partial charge in [-0.1, -0.05) is 33.6 Å². The SMILES string of the molecule is Cc1cc(Cl)ccc1NC(=O)CN(c1cccc(Br)c1)S(C)(=O)=O. The Morgan fingerprint density at radius 3 is 2.54 bits per heavy atom. The van der Waals surface area contributed by atoms with Gasteiger partial charge in [-0.3, -0.25) is 9.10 Å². The van der Waals surface area contributed by atoms with Gasteiger partial charge in [0.05, 0.1) is 11.9 Å². The number of hydrogen-bond donors (Lipinski definition) is 1. The fourth-order valence-electron chi connectivity index (χ4n) is 2.12. The summed E-state index contributed by atoms with van der Waals surface area (Å²) in [5.74, 6) is -0.439. The molecule has 0 atom stereocenters. The van der Waals surface area contributed by atoms with E-state index in [1.54, 1.807) is 42.5 Å². The molecular formula is C16H16BrClN2O3S. The third-order valence-corrected chi connectivity index (χ3v) is 5.12. The summed E-state index contributed by atoms with van der Waals surface area (Å²) < 4.78 is 25.9. The van der Waals surface area contributed by atoms with E-state index in [9.17, 15) is 13.2 Å². The van der Waals surface area contributed by atoms with Crippen LogP contribution in [0.2, 0.25) is 5.02 Å². The van der Waals surface area contributed by atoms with Gasteiger partial charge in [-0.15, -0.1) is 0 Å². The Hall–Kier alpha value is -1.57. The van der Waals surface area contributed by atoms with Crippen molar-refractivity contribution in [2.75, 3.05) is 22.4 Å². The fraction of sp³-hybridized carbons (Fsp3) is 0.188. The molecule has 0 aliphatic heterocycles. The number of rotatable bonds is 5. The van der Waals surface area contributed by atoms with E-state index in [1.165, 1.54) is 0 Å². The molecule has 0 aliphatic carbocycles. The van der Waals surface area contributed by atoms with Crippen molar-refractivity contribution in [3.8, 4) is 0 Å². The number of sulfonamides is 1. The predicted molar refractivity (Wildman–Crippen MR) is 101 cm³/mol. The summed E-state index contributed by atoms with van der Waals surface area (Å²) in [6.07, 6.45) is 1.06. The monoisotopic (exact) mass is 430 g/mol. The van der Waals surface area contributed by atoms with Crippen LogP contribution >= 0.6 is 27.5 Å². The number of anilines is 2. The van der Waals surface area contributed by atoms with Gasteiger partial charge >= 0.3 is 0 Å². The zero-order chi connectivity index (χ0) is 17.9. The number of amides is 1. The molecule has 0 radical (unpaired) electrons. The number of carbonyl (C=O) groups excluding carboxylic acids is 1. The third-order valence-electron chi connectivity index (χ3n) is 3.25. The van der Waals surface area contributed by atoms with Crippen molar-refractivity contribution in [3.63, 3.8) is 0 Å². The van der Waals surface area contributed by atoms with Crippen molar-refractivity contribution >= 4 is 54.8 Å². The first-order chi connectivity index (χ1) is 11.2. The molecule has 5 nitrogen and oxygen atoms in total. The molecule has 2 aromatic rings. The Morgan fingerprint density at radius 2 is 1.96 bits per heavy atom. The predicted octanol–water partition coefficient (Wildman–Crippen LogP) is 3.82. The van der Waals surface area contributed by atoms with Gasteiger partial charge < -0.3 is 5.32 Å². The quantitative estimate of drug-likeness (QED) is 0.783. The molecule has 0 saturated carbocycles. The summed E-state index contributed by atoms with van der Waals surface area (Å²) in [7, 11) is -3.61. The molecule has 0 spiro atoms. The molecule has 0 aromatic heterocycles. The maximum atomic E-state index is 12.3. The summed E-state index contributed by atoms with van der Waals surface area (Å²) in [4.78, 5) is 12.3. The van der Waals surface area contributed by atoms with Gasteiger partial charge in [0.1, 0.15) is 6.54 Å². The van der Waals surface area contributed by atoms with Crippen LogP contribution in [0.25, 0.3) is 0 Å². The molecule has 8 heteroatoms. The van der Waals surface area contributed by atoms with Crippen molar-refractivity contribution in [1.29, 1.82) is 0 Å². The highest BCUT2D eigenvalue weighted by molar-refractivity contribution is 9.10. The Bertz CT molecular complexity index is 871. The van der Waals surface area contributed by atoms with Gasteiger partial charge in [-0.05, 0) is 48.9 Å². The van der Waals surface area contributed by atoms with Crippen molar-refractivity contribution < 1.29 is 13.2 Å². The smallest absolute Gasteiger partial charge is 0.245 e. The molecule has 1 N–H and O–H groups in total. The topological polar surface area (TPSA) is 66.5 Å². The lowest BCUT2D eigenvalue weighted by Crippen LogP contribution is -2.37. The lowest BCUT2D eigenvalue weighted by atomic mass is 10.2. The fourth-order valence-corrected chi connectivity index (χ4v) is 3.58. The van der Waals surface area contributed by atoms with Crippen molar-refractivity contribution in [3.05, 3.63) is 57.5 Å². The molecule has 2 rings (SSSR count). The average molecular weight is 432 g/mol. The minimum absolute atomic E-state index is 0.322. The highest BCUT2D eigenvalue weighted by Crippen LogP contribution is 2.23. The van der Waals surface area contributed by atoms with E-state index in [1.807, 2.05) is 6.92 Å². The van der Waals surface area contributed by atoms with Gasteiger partial charge in [0.2, 0.25) is 15.9 Å². The standard InChI is InChI=1S/C16H16BrClN2O3S/c1-11-8-13(18)6-7-15(11)19-16(21)10-20(24(2,22)23)14-5-3-4-12(17)9-14/h3-9H,10H2,1-2H3,(H,19,21). The van der Waals surface area contributed by atoms with Gasteiger partial charge in [0.25, 0.3) is 0 Å². The van der Waals surface area contributed by atoms with Crippen molar-refractivity contribution in [2.24, 2.45) is 0 Å². The number of halogens is 2. The number of aryl methyl sites for hydroxylation is 1. The molecule has 128 valence electrons. The molecule has 24 heavy (non-hydrogen) atoms. The molecule has 2 aromatic carbocycles. The number of nitrogens with zero attached hydrogens (tertiary/aromatic N) is 1. The molecular weight excluding hydrogens is 416 g/mol. The van der Waals surface area contributed by atoms with Gasteiger partial charge in [-0.25, -0.2) is 8.42 Å². The van der Waals surface area contributed by atoms with Crippen molar-refractivity contribution in [2.45, 2.75) is 6.92 Å². The maximum absolute atomic E-state index is 12.3. The van der Waals surface area contributed by atoms with E-state index in [2.05, 4.69) is 21.2 Å². The number of nitrogens with one attached hydrogen (secondary N) is 1. The van der Waals surface area contributed by atoms with Crippen LogP contribution in [0.5, 0.6) is 0 Å². The molecule has 0 bridgehead atoms. The van der Waals surface area contributed by atoms with E-state index < -0.39 is 15.9 Å². The minimum atomic E-state index is -3.61. The summed E-state index contributed by atoms with van der Waals surface area (Å²) in [6.45, 7) is 1.49. The van der Waals surface area contributed by atoms with E-state index in [-0.39, 0.29) is 6.54 Å². The van der Waals surface area contributed by atoms with E-state index >= 15 is 0 Å². The number of hydrogen-bond acceptors (Lipinski definition) is 3. The minimum Gasteiger partial charge on any atom is -0.324 e. The Balaban J connectivity index is 2.22. The zero-order valence-corrected chi connectivity index (χ0v) is 16.2. The van der Waals surface area contributed by atoms with E-state index in [4.69, 9.17) is 11.6 Å². The average Bonchev–Trinajstić information content (AvgIpc) is 2.46. The van der Waals surface area contributed by atoms with Gasteiger partial charge in [-0.2, -0.15) is 0 Å². The Morgan fingerprint density at radius 1 is 1.25 bits per heavy atom. The second-order valence-electron chi connectivity index (χ2n) is 5.26. The third kappa shape index (κ3) is 4.96. The normalized spacial score (nSPS) is 11.2. The first-order valence-corrected chi connectivity index (χ1v) is 9.98. The summed E-state index contributed by atoms with van der Waals surface area (Å²) in [5.41, 5.74) is 1.80. The van der Waals surface area contributed by atoms with E-state index in [0.717, 1.165) is 20.6 Å². The second kappa shape index (κ2) is 7.55. The van der Waals surface area contributed by atoms with Crippen LogP contribution in [-0.2, 0) is 14.8 Å². The molecule has 1 amide bonds. The summed E-state index contributed by atoms with van der Waals surface area (Å²) >= 11 is 9.19. The molecule has 0 fully saturated rings. The molecule has 0 heterocycles. The van der Waals surface area contributed by atoms with Crippen LogP contribution in [0.3, 0.4) is 0 Å². The summed E-state index contributed by atoms with van der Waals surface area (Å²) in [5, 5.41) is 3.28. The van der Waals surface area contributed by atoms with E-state index in [0.29, 0.717) is 16.4 Å². The maximum Gasteiger partial charge on any atom is 0.245 e. The van der Waals surface area contributed by atoms with Crippen LogP contribution in [0.1, 0.15) is 5.56 Å². The second-order valence-corrected chi connectivity index (χ2v) is 8.52. The largest absolute Gasteiger partial charge is 0.324 e. The van der Waals surface area contributed by atoms with Crippen LogP contribution < -0.4 is 9.62 Å². The van der Waals surface area contributed by atoms with Gasteiger partial charge in [0, 0.05) is 15.2 Å². The number of benzene rings is 2.